The number of carbonyl (C=O) groups is 2. The molecule has 0 N–H and O–H groups in total. The number of fused-ring (bicyclic) bond motifs is 1. The number of halogens is 1. The molecule has 39 heavy (non-hydrogen) atoms. The van der Waals surface area contributed by atoms with Crippen LogP contribution in [0.3, 0.4) is 0 Å². The number of anilines is 2. The van der Waals surface area contributed by atoms with E-state index in [1.807, 2.05) is 24.3 Å². The molecule has 1 aliphatic heterocycles. The van der Waals surface area contributed by atoms with Crippen molar-refractivity contribution in [3.05, 3.63) is 112 Å². The summed E-state index contributed by atoms with van der Waals surface area (Å²) in [6.07, 6.45) is 1.45. The van der Waals surface area contributed by atoms with Crippen molar-refractivity contribution in [2.24, 2.45) is 0 Å². The van der Waals surface area contributed by atoms with Gasteiger partial charge < -0.3 is 4.74 Å². The molecule has 2 amide bonds. The van der Waals surface area contributed by atoms with Gasteiger partial charge in [0.25, 0.3) is 0 Å². The lowest BCUT2D eigenvalue weighted by molar-refractivity contribution is 0.0600. The van der Waals surface area contributed by atoms with E-state index in [4.69, 9.17) is 4.74 Å². The van der Waals surface area contributed by atoms with E-state index >= 15 is 0 Å². The standard InChI is InChI=1S/C28H23BrN4O5S/c1-38-26(34)21-11-7-10-20(14-21)16-33-25-22(17-32(28(33)35)24-13-6-5-12-23(24)29)15-30-27(31-25)39(36,37)18-19-8-3-2-4-9-19/h2-15H,16-18H2,1H3. The lowest BCUT2D eigenvalue weighted by Crippen LogP contribution is -2.48. The minimum absolute atomic E-state index is 0.0345. The molecule has 0 atom stereocenters. The summed E-state index contributed by atoms with van der Waals surface area (Å²) in [4.78, 5) is 37.6. The van der Waals surface area contributed by atoms with E-state index in [0.29, 0.717) is 27.9 Å². The third-order valence-corrected chi connectivity index (χ3v) is 8.31. The van der Waals surface area contributed by atoms with E-state index in [1.165, 1.54) is 18.2 Å². The molecule has 5 rings (SSSR count). The second-order valence-corrected chi connectivity index (χ2v) is 11.6. The summed E-state index contributed by atoms with van der Waals surface area (Å²) in [5, 5.41) is -0.361. The summed E-state index contributed by atoms with van der Waals surface area (Å²) in [6, 6.07) is 22.4. The van der Waals surface area contributed by atoms with Crippen LogP contribution in [0.4, 0.5) is 16.3 Å². The molecule has 1 aliphatic rings. The van der Waals surface area contributed by atoms with Gasteiger partial charge in [-0.15, -0.1) is 0 Å². The fourth-order valence-corrected chi connectivity index (χ4v) is 6.01. The molecule has 0 aliphatic carbocycles. The molecule has 0 unspecified atom stereocenters. The predicted octanol–water partition coefficient (Wildman–Crippen LogP) is 5.15. The van der Waals surface area contributed by atoms with Crippen molar-refractivity contribution < 1.29 is 22.7 Å². The lowest BCUT2D eigenvalue weighted by Gasteiger charge is -2.36. The number of carbonyl (C=O) groups excluding carboxylic acids is 2. The Morgan fingerprint density at radius 1 is 1.00 bits per heavy atom. The van der Waals surface area contributed by atoms with Gasteiger partial charge in [0.05, 0.1) is 37.2 Å². The lowest BCUT2D eigenvalue weighted by atomic mass is 10.1. The average molecular weight is 607 g/mol. The molecule has 2 heterocycles. The molecule has 1 aromatic heterocycles. The number of benzene rings is 3. The van der Waals surface area contributed by atoms with Gasteiger partial charge >= 0.3 is 12.0 Å². The van der Waals surface area contributed by atoms with Gasteiger partial charge in [-0.05, 0) is 51.3 Å². The third kappa shape index (κ3) is 5.55. The number of methoxy groups -OCH3 is 1. The van der Waals surface area contributed by atoms with Crippen molar-refractivity contribution in [2.75, 3.05) is 16.9 Å². The fourth-order valence-electron chi connectivity index (χ4n) is 4.31. The summed E-state index contributed by atoms with van der Waals surface area (Å²) >= 11 is 3.51. The molecular weight excluding hydrogens is 584 g/mol. The Kier molecular flexibility index (Phi) is 7.45. The molecule has 0 saturated heterocycles. The molecule has 9 nitrogen and oxygen atoms in total. The Morgan fingerprint density at radius 2 is 1.72 bits per heavy atom. The number of amides is 2. The van der Waals surface area contributed by atoms with Crippen LogP contribution in [0.5, 0.6) is 0 Å². The fraction of sp³-hybridized carbons (Fsp3) is 0.143. The average Bonchev–Trinajstić information content (AvgIpc) is 2.94. The largest absolute Gasteiger partial charge is 0.465 e. The maximum absolute atomic E-state index is 13.9. The van der Waals surface area contributed by atoms with E-state index in [0.717, 1.165) is 4.47 Å². The first-order chi connectivity index (χ1) is 18.8. The van der Waals surface area contributed by atoms with Crippen molar-refractivity contribution in [3.8, 4) is 0 Å². The predicted molar refractivity (Wildman–Crippen MR) is 149 cm³/mol. The highest BCUT2D eigenvalue weighted by molar-refractivity contribution is 9.10. The molecule has 0 spiro atoms. The van der Waals surface area contributed by atoms with Crippen molar-refractivity contribution in [1.82, 2.24) is 9.97 Å². The number of rotatable bonds is 7. The summed E-state index contributed by atoms with van der Waals surface area (Å²) in [5.41, 5.74) is 2.79. The zero-order valence-corrected chi connectivity index (χ0v) is 23.2. The molecule has 0 saturated carbocycles. The van der Waals surface area contributed by atoms with Crippen LogP contribution in [0.2, 0.25) is 0 Å². The van der Waals surface area contributed by atoms with Gasteiger partial charge in [0.2, 0.25) is 15.0 Å². The van der Waals surface area contributed by atoms with Gasteiger partial charge in [-0.25, -0.2) is 28.0 Å². The van der Waals surface area contributed by atoms with E-state index in [-0.39, 0.29) is 29.8 Å². The van der Waals surface area contributed by atoms with Crippen LogP contribution in [-0.4, -0.2) is 37.5 Å². The van der Waals surface area contributed by atoms with Gasteiger partial charge in [0.1, 0.15) is 5.82 Å². The van der Waals surface area contributed by atoms with Crippen LogP contribution in [0.1, 0.15) is 27.0 Å². The van der Waals surface area contributed by atoms with Crippen LogP contribution >= 0.6 is 15.9 Å². The SMILES string of the molecule is COC(=O)c1cccc(CN2C(=O)N(c3ccccc3Br)Cc3cnc(S(=O)(=O)Cc4ccccc4)nc32)c1. The molecule has 0 bridgehead atoms. The minimum atomic E-state index is -3.90. The van der Waals surface area contributed by atoms with Gasteiger partial charge in [-0.1, -0.05) is 54.6 Å². The van der Waals surface area contributed by atoms with Crippen LogP contribution in [-0.2, 0) is 33.4 Å². The number of nitrogens with zero attached hydrogens (tertiary/aromatic N) is 4. The summed E-state index contributed by atoms with van der Waals surface area (Å²) in [6.45, 7) is 0.182. The van der Waals surface area contributed by atoms with Crippen LogP contribution in [0.25, 0.3) is 0 Å². The number of para-hydroxylation sites is 1. The molecule has 11 heteroatoms. The quantitative estimate of drug-likeness (QED) is 0.211. The molecule has 4 aromatic rings. The zero-order valence-electron chi connectivity index (χ0n) is 20.8. The first-order valence-corrected chi connectivity index (χ1v) is 14.3. The number of sulfone groups is 1. The number of esters is 1. The first kappa shape index (κ1) is 26.5. The van der Waals surface area contributed by atoms with E-state index in [1.54, 1.807) is 59.5 Å². The molecule has 198 valence electrons. The minimum Gasteiger partial charge on any atom is -0.465 e. The third-order valence-electron chi connectivity index (χ3n) is 6.18. The van der Waals surface area contributed by atoms with Gasteiger partial charge in [0, 0.05) is 16.2 Å². The molecule has 0 radical (unpaired) electrons. The highest BCUT2D eigenvalue weighted by Crippen LogP contribution is 2.35. The Hall–Kier alpha value is -4.09. The number of hydrogen-bond acceptors (Lipinski definition) is 7. The summed E-state index contributed by atoms with van der Waals surface area (Å²) in [7, 11) is -2.60. The highest BCUT2D eigenvalue weighted by Gasteiger charge is 2.35. The van der Waals surface area contributed by atoms with Crippen molar-refractivity contribution in [1.29, 1.82) is 0 Å². The molecule has 0 fully saturated rings. The second kappa shape index (κ2) is 11.0. The monoisotopic (exact) mass is 606 g/mol. The van der Waals surface area contributed by atoms with Crippen molar-refractivity contribution in [3.63, 3.8) is 0 Å². The van der Waals surface area contributed by atoms with Crippen LogP contribution < -0.4 is 9.80 Å². The summed E-state index contributed by atoms with van der Waals surface area (Å²) < 4.78 is 32.0. The number of hydrogen-bond donors (Lipinski definition) is 0. The second-order valence-electron chi connectivity index (χ2n) is 8.84. The maximum atomic E-state index is 13.9. The number of ether oxygens (including phenoxy) is 1. The van der Waals surface area contributed by atoms with Gasteiger partial charge in [-0.3, -0.25) is 9.80 Å². The maximum Gasteiger partial charge on any atom is 0.337 e. The smallest absolute Gasteiger partial charge is 0.337 e. The van der Waals surface area contributed by atoms with Crippen molar-refractivity contribution in [2.45, 2.75) is 24.0 Å². The Labute approximate surface area is 234 Å². The van der Waals surface area contributed by atoms with E-state index in [2.05, 4.69) is 25.9 Å². The molecule has 3 aromatic carbocycles. The van der Waals surface area contributed by atoms with Gasteiger partial charge in [-0.2, -0.15) is 0 Å². The van der Waals surface area contributed by atoms with Crippen LogP contribution in [0.15, 0.2) is 94.7 Å². The zero-order chi connectivity index (χ0) is 27.6. The Bertz CT molecular complexity index is 1660. The normalized spacial score (nSPS) is 13.2. The highest BCUT2D eigenvalue weighted by atomic mass is 79.9. The number of urea groups is 1. The Morgan fingerprint density at radius 3 is 2.46 bits per heavy atom. The van der Waals surface area contributed by atoms with Crippen LogP contribution in [0, 0.1) is 0 Å². The topological polar surface area (TPSA) is 110 Å². The summed E-state index contributed by atoms with van der Waals surface area (Å²) in [5.74, 6) is -0.577. The number of aromatic nitrogens is 2. The van der Waals surface area contributed by atoms with E-state index in [9.17, 15) is 18.0 Å². The van der Waals surface area contributed by atoms with Crippen molar-refractivity contribution >= 4 is 49.3 Å². The van der Waals surface area contributed by atoms with Gasteiger partial charge in [0.15, 0.2) is 0 Å². The first-order valence-electron chi connectivity index (χ1n) is 11.9. The molecular formula is C28H23BrN4O5S. The Balaban J connectivity index is 1.57. The van der Waals surface area contributed by atoms with E-state index < -0.39 is 21.8 Å².